The van der Waals surface area contributed by atoms with Crippen molar-refractivity contribution in [3.05, 3.63) is 47.5 Å². The minimum atomic E-state index is 0.277. The molecule has 0 bridgehead atoms. The molecule has 3 rings (SSSR count). The maximum Gasteiger partial charge on any atom is 0.261 e. The van der Waals surface area contributed by atoms with Crippen molar-refractivity contribution < 1.29 is 9.26 Å². The fraction of sp³-hybridized carbons (Fsp3) is 0.0667. The van der Waals surface area contributed by atoms with Crippen LogP contribution in [0.5, 0.6) is 5.75 Å². The quantitative estimate of drug-likeness (QED) is 0.747. The van der Waals surface area contributed by atoms with E-state index in [1.165, 1.54) is 0 Å². The minimum absolute atomic E-state index is 0.277. The lowest BCUT2D eigenvalue weighted by molar-refractivity contribution is 0.413. The van der Waals surface area contributed by atoms with Crippen LogP contribution >= 0.6 is 11.6 Å². The molecular weight excluding hydrogens is 290 g/mol. The SMILES string of the molecule is COc1ccccc1-c1noc(-c2c(N)cccc2Cl)n1. The number of hydrogen-bond donors (Lipinski definition) is 1. The van der Waals surface area contributed by atoms with Gasteiger partial charge in [-0.25, -0.2) is 0 Å². The summed E-state index contributed by atoms with van der Waals surface area (Å²) in [5.74, 6) is 1.36. The molecule has 0 unspecified atom stereocenters. The summed E-state index contributed by atoms with van der Waals surface area (Å²) in [6.45, 7) is 0. The van der Waals surface area contributed by atoms with Crippen LogP contribution in [0.25, 0.3) is 22.8 Å². The molecule has 2 aromatic carbocycles. The first-order valence-corrected chi connectivity index (χ1v) is 6.60. The van der Waals surface area contributed by atoms with Crippen LogP contribution in [0.2, 0.25) is 5.02 Å². The van der Waals surface area contributed by atoms with Gasteiger partial charge >= 0.3 is 0 Å². The summed E-state index contributed by atoms with van der Waals surface area (Å²) in [4.78, 5) is 4.36. The third-order valence-electron chi connectivity index (χ3n) is 3.03. The molecule has 0 radical (unpaired) electrons. The van der Waals surface area contributed by atoms with E-state index in [0.717, 1.165) is 5.56 Å². The highest BCUT2D eigenvalue weighted by atomic mass is 35.5. The van der Waals surface area contributed by atoms with Crippen molar-refractivity contribution in [2.24, 2.45) is 0 Å². The molecule has 0 fully saturated rings. The van der Waals surface area contributed by atoms with Gasteiger partial charge in [0.2, 0.25) is 5.82 Å². The lowest BCUT2D eigenvalue weighted by Crippen LogP contribution is -1.91. The Bertz CT molecular complexity index is 766. The predicted octanol–water partition coefficient (Wildman–Crippen LogP) is 3.65. The molecule has 0 saturated carbocycles. The monoisotopic (exact) mass is 301 g/mol. The molecule has 6 heteroatoms. The summed E-state index contributed by atoms with van der Waals surface area (Å²) < 4.78 is 10.6. The smallest absolute Gasteiger partial charge is 0.261 e. The van der Waals surface area contributed by atoms with Gasteiger partial charge < -0.3 is 15.0 Å². The van der Waals surface area contributed by atoms with E-state index in [9.17, 15) is 0 Å². The number of para-hydroxylation sites is 1. The number of methoxy groups -OCH3 is 1. The van der Waals surface area contributed by atoms with Gasteiger partial charge in [-0.3, -0.25) is 0 Å². The molecule has 1 heterocycles. The highest BCUT2D eigenvalue weighted by Crippen LogP contribution is 2.34. The summed E-state index contributed by atoms with van der Waals surface area (Å²) in [6.07, 6.45) is 0. The van der Waals surface area contributed by atoms with Crippen molar-refractivity contribution in [1.82, 2.24) is 10.1 Å². The standard InChI is InChI=1S/C15H12ClN3O2/c1-20-12-8-3-2-5-9(12)14-18-15(21-19-14)13-10(16)6-4-7-11(13)17/h2-8H,17H2,1H3. The van der Waals surface area contributed by atoms with E-state index in [1.807, 2.05) is 24.3 Å². The van der Waals surface area contributed by atoms with Gasteiger partial charge in [0.25, 0.3) is 5.89 Å². The van der Waals surface area contributed by atoms with E-state index in [1.54, 1.807) is 25.3 Å². The molecule has 0 amide bonds. The van der Waals surface area contributed by atoms with Crippen LogP contribution in [0.3, 0.4) is 0 Å². The minimum Gasteiger partial charge on any atom is -0.496 e. The van der Waals surface area contributed by atoms with Crippen LogP contribution in [0, 0.1) is 0 Å². The van der Waals surface area contributed by atoms with E-state index < -0.39 is 0 Å². The molecule has 0 aliphatic heterocycles. The first-order valence-electron chi connectivity index (χ1n) is 6.22. The number of nitrogens with two attached hydrogens (primary N) is 1. The zero-order valence-corrected chi connectivity index (χ0v) is 12.0. The van der Waals surface area contributed by atoms with Crippen molar-refractivity contribution >= 4 is 17.3 Å². The van der Waals surface area contributed by atoms with Crippen LogP contribution < -0.4 is 10.5 Å². The van der Waals surface area contributed by atoms with Gasteiger partial charge in [-0.15, -0.1) is 0 Å². The first-order chi connectivity index (χ1) is 10.2. The second-order valence-corrected chi connectivity index (χ2v) is 4.73. The van der Waals surface area contributed by atoms with Crippen molar-refractivity contribution in [2.75, 3.05) is 12.8 Å². The summed E-state index contributed by atoms with van der Waals surface area (Å²) in [5, 5.41) is 4.44. The van der Waals surface area contributed by atoms with Crippen LogP contribution in [0.15, 0.2) is 47.0 Å². The highest BCUT2D eigenvalue weighted by Gasteiger charge is 2.17. The van der Waals surface area contributed by atoms with Gasteiger partial charge in [-0.1, -0.05) is 35.0 Å². The van der Waals surface area contributed by atoms with Crippen molar-refractivity contribution in [1.29, 1.82) is 0 Å². The van der Waals surface area contributed by atoms with Crippen LogP contribution in [0.4, 0.5) is 5.69 Å². The first kappa shape index (κ1) is 13.5. The van der Waals surface area contributed by atoms with E-state index in [-0.39, 0.29) is 5.89 Å². The number of rotatable bonds is 3. The Morgan fingerprint density at radius 1 is 1.14 bits per heavy atom. The van der Waals surface area contributed by atoms with Gasteiger partial charge in [0.1, 0.15) is 5.75 Å². The molecule has 1 aromatic heterocycles. The molecule has 0 aliphatic rings. The fourth-order valence-corrected chi connectivity index (χ4v) is 2.29. The van der Waals surface area contributed by atoms with E-state index >= 15 is 0 Å². The van der Waals surface area contributed by atoms with Gasteiger partial charge in [0, 0.05) is 5.69 Å². The Morgan fingerprint density at radius 3 is 2.71 bits per heavy atom. The maximum absolute atomic E-state index is 6.15. The number of halogens is 1. The third kappa shape index (κ3) is 2.43. The van der Waals surface area contributed by atoms with Crippen LogP contribution in [-0.2, 0) is 0 Å². The predicted molar refractivity (Wildman–Crippen MR) is 81.1 cm³/mol. The van der Waals surface area contributed by atoms with E-state index in [0.29, 0.717) is 27.8 Å². The average molecular weight is 302 g/mol. The van der Waals surface area contributed by atoms with Gasteiger partial charge in [-0.2, -0.15) is 4.98 Å². The highest BCUT2D eigenvalue weighted by molar-refractivity contribution is 6.33. The molecule has 3 aromatic rings. The van der Waals surface area contributed by atoms with Gasteiger partial charge in [-0.05, 0) is 24.3 Å². The van der Waals surface area contributed by atoms with E-state index in [2.05, 4.69) is 10.1 Å². The number of hydrogen-bond acceptors (Lipinski definition) is 5. The molecule has 0 aliphatic carbocycles. The summed E-state index contributed by atoms with van der Waals surface area (Å²) >= 11 is 6.15. The molecule has 21 heavy (non-hydrogen) atoms. The number of aromatic nitrogens is 2. The number of anilines is 1. The Hall–Kier alpha value is -2.53. The Morgan fingerprint density at radius 2 is 1.95 bits per heavy atom. The molecule has 0 atom stereocenters. The molecule has 0 spiro atoms. The molecule has 106 valence electrons. The van der Waals surface area contributed by atoms with E-state index in [4.69, 9.17) is 26.6 Å². The second kappa shape index (κ2) is 5.46. The molecular formula is C15H12ClN3O2. The largest absolute Gasteiger partial charge is 0.496 e. The van der Waals surface area contributed by atoms with Crippen LogP contribution in [0.1, 0.15) is 0 Å². The fourth-order valence-electron chi connectivity index (χ4n) is 2.03. The molecule has 0 saturated heterocycles. The lowest BCUT2D eigenvalue weighted by atomic mass is 10.1. The Labute approximate surface area is 126 Å². The number of benzene rings is 2. The lowest BCUT2D eigenvalue weighted by Gasteiger charge is -2.03. The normalized spacial score (nSPS) is 10.6. The van der Waals surface area contributed by atoms with Gasteiger partial charge in [0.15, 0.2) is 0 Å². The maximum atomic E-state index is 6.15. The second-order valence-electron chi connectivity index (χ2n) is 4.33. The Kier molecular flexibility index (Phi) is 3.50. The average Bonchev–Trinajstić information content (AvgIpc) is 2.96. The number of nitrogens with zero attached hydrogens (tertiary/aromatic N) is 2. The molecule has 5 nitrogen and oxygen atoms in total. The summed E-state index contributed by atoms with van der Waals surface area (Å²) in [5.41, 5.74) is 7.68. The Balaban J connectivity index is 2.09. The third-order valence-corrected chi connectivity index (χ3v) is 3.35. The zero-order valence-electron chi connectivity index (χ0n) is 11.2. The van der Waals surface area contributed by atoms with Crippen molar-refractivity contribution in [3.63, 3.8) is 0 Å². The zero-order chi connectivity index (χ0) is 14.8. The summed E-state index contributed by atoms with van der Waals surface area (Å²) in [7, 11) is 1.59. The number of nitrogen functional groups attached to an aromatic ring is 1. The topological polar surface area (TPSA) is 74.2 Å². The number of ether oxygens (including phenoxy) is 1. The van der Waals surface area contributed by atoms with Crippen molar-refractivity contribution in [2.45, 2.75) is 0 Å². The summed E-state index contributed by atoms with van der Waals surface area (Å²) in [6, 6.07) is 12.6. The van der Waals surface area contributed by atoms with Crippen molar-refractivity contribution in [3.8, 4) is 28.6 Å². The van der Waals surface area contributed by atoms with Crippen LogP contribution in [-0.4, -0.2) is 17.3 Å². The van der Waals surface area contributed by atoms with Gasteiger partial charge in [0.05, 0.1) is 23.3 Å². The molecule has 2 N–H and O–H groups in total.